The molecule has 0 aromatic carbocycles. The lowest BCUT2D eigenvalue weighted by molar-refractivity contribution is -0.122. The highest BCUT2D eigenvalue weighted by atomic mass is 16.6. The van der Waals surface area contributed by atoms with Crippen LogP contribution in [0.25, 0.3) is 0 Å². The Morgan fingerprint density at radius 2 is 1.67 bits per heavy atom. The van der Waals surface area contributed by atoms with E-state index in [9.17, 15) is 14.4 Å². The Balaban J connectivity index is 1.08. The van der Waals surface area contributed by atoms with E-state index in [0.29, 0.717) is 18.8 Å². The van der Waals surface area contributed by atoms with Gasteiger partial charge in [-0.25, -0.2) is 14.7 Å². The lowest BCUT2D eigenvalue weighted by Crippen LogP contribution is -2.49. The molecule has 9 nitrogen and oxygen atoms in total. The summed E-state index contributed by atoms with van der Waals surface area (Å²) in [6.07, 6.45) is 8.40. The van der Waals surface area contributed by atoms with Gasteiger partial charge in [0.05, 0.1) is 23.7 Å². The first-order valence-electron chi connectivity index (χ1n) is 12.9. The highest BCUT2D eigenvalue weighted by Crippen LogP contribution is 2.40. The Morgan fingerprint density at radius 3 is 2.28 bits per heavy atom. The summed E-state index contributed by atoms with van der Waals surface area (Å²) < 4.78 is 5.46. The summed E-state index contributed by atoms with van der Waals surface area (Å²) in [5, 5.41) is 0. The number of hydrogen-bond donors (Lipinski definition) is 0. The number of carbonyl (C=O) groups excluding carboxylic acids is 3. The molecule has 5 rings (SSSR count). The standard InChI is InChI=1S/C27H33N5O4/c1-19-8-9-20(28-17-19)5-4-12-30-13-15-31(16-14-30)27(35)36-24-11-10-21(18-29-24)32-25(33)22-6-2-3-7-23(22)26(32)34/h8-11,17-18,22-23H,2-7,12-16H2,1H3. The molecule has 2 saturated heterocycles. The summed E-state index contributed by atoms with van der Waals surface area (Å²) in [6, 6.07) is 7.35. The van der Waals surface area contributed by atoms with E-state index in [1.807, 2.05) is 13.1 Å². The first-order chi connectivity index (χ1) is 17.5. The van der Waals surface area contributed by atoms with Crippen LogP contribution in [0.2, 0.25) is 0 Å². The van der Waals surface area contributed by atoms with Crippen LogP contribution in [0.1, 0.15) is 43.4 Å². The molecule has 2 aromatic heterocycles. The lowest BCUT2D eigenvalue weighted by atomic mass is 9.81. The zero-order chi connectivity index (χ0) is 25.1. The molecular formula is C27H33N5O4. The third-order valence-corrected chi connectivity index (χ3v) is 7.52. The van der Waals surface area contributed by atoms with Crippen LogP contribution in [0.15, 0.2) is 36.7 Å². The van der Waals surface area contributed by atoms with Crippen molar-refractivity contribution in [3.8, 4) is 5.88 Å². The predicted octanol–water partition coefficient (Wildman–Crippen LogP) is 3.21. The van der Waals surface area contributed by atoms with Crippen LogP contribution < -0.4 is 9.64 Å². The number of pyridine rings is 2. The molecule has 1 aliphatic carbocycles. The fourth-order valence-electron chi connectivity index (χ4n) is 5.42. The van der Waals surface area contributed by atoms with E-state index in [2.05, 4.69) is 27.0 Å². The summed E-state index contributed by atoms with van der Waals surface area (Å²) >= 11 is 0. The molecule has 3 fully saturated rings. The van der Waals surface area contributed by atoms with E-state index in [1.54, 1.807) is 17.0 Å². The molecule has 2 atom stereocenters. The van der Waals surface area contributed by atoms with E-state index in [4.69, 9.17) is 4.74 Å². The quantitative estimate of drug-likeness (QED) is 0.573. The number of imide groups is 1. The number of hydrogen-bond acceptors (Lipinski definition) is 7. The van der Waals surface area contributed by atoms with Crippen molar-refractivity contribution < 1.29 is 19.1 Å². The van der Waals surface area contributed by atoms with Gasteiger partial charge in [0.2, 0.25) is 17.7 Å². The second-order valence-corrected chi connectivity index (χ2v) is 9.99. The fraction of sp³-hybridized carbons (Fsp3) is 0.519. The van der Waals surface area contributed by atoms with Crippen molar-refractivity contribution in [2.45, 2.75) is 45.4 Å². The van der Waals surface area contributed by atoms with Crippen molar-refractivity contribution in [1.82, 2.24) is 19.8 Å². The molecule has 0 spiro atoms. The number of aromatic nitrogens is 2. The largest absolute Gasteiger partial charge is 0.416 e. The molecule has 190 valence electrons. The molecule has 3 amide bonds. The molecule has 0 radical (unpaired) electrons. The Bertz CT molecular complexity index is 1070. The number of carbonyl (C=O) groups is 3. The highest BCUT2D eigenvalue weighted by Gasteiger charge is 2.48. The van der Waals surface area contributed by atoms with Gasteiger partial charge in [-0.1, -0.05) is 18.9 Å². The minimum absolute atomic E-state index is 0.135. The number of amides is 3. The SMILES string of the molecule is Cc1ccc(CCCN2CCN(C(=O)Oc3ccc(N4C(=O)C5CCCCC5C4=O)cn3)CC2)nc1. The fourth-order valence-corrected chi connectivity index (χ4v) is 5.42. The van der Waals surface area contributed by atoms with Crippen molar-refractivity contribution in [2.24, 2.45) is 11.8 Å². The van der Waals surface area contributed by atoms with Crippen LogP contribution in [0.5, 0.6) is 5.88 Å². The molecule has 9 heteroatoms. The average Bonchev–Trinajstić information content (AvgIpc) is 3.16. The molecule has 3 aliphatic rings. The van der Waals surface area contributed by atoms with Crippen LogP contribution in [-0.4, -0.2) is 70.4 Å². The Labute approximate surface area is 211 Å². The van der Waals surface area contributed by atoms with Crippen molar-refractivity contribution in [3.05, 3.63) is 47.9 Å². The minimum Gasteiger partial charge on any atom is -0.391 e. The topological polar surface area (TPSA) is 95.9 Å². The molecular weight excluding hydrogens is 458 g/mol. The molecule has 1 saturated carbocycles. The summed E-state index contributed by atoms with van der Waals surface area (Å²) in [4.78, 5) is 52.1. The Hall–Kier alpha value is -3.33. The van der Waals surface area contributed by atoms with Gasteiger partial charge in [0.25, 0.3) is 0 Å². The van der Waals surface area contributed by atoms with Crippen LogP contribution >= 0.6 is 0 Å². The first-order valence-corrected chi connectivity index (χ1v) is 12.9. The van der Waals surface area contributed by atoms with E-state index in [0.717, 1.165) is 63.9 Å². The minimum atomic E-state index is -0.432. The number of aryl methyl sites for hydroxylation is 2. The Kier molecular flexibility index (Phi) is 7.27. The first kappa shape index (κ1) is 24.4. The van der Waals surface area contributed by atoms with Crippen LogP contribution in [0.4, 0.5) is 10.5 Å². The number of piperazine rings is 1. The maximum Gasteiger partial charge on any atom is 0.416 e. The summed E-state index contributed by atoms with van der Waals surface area (Å²) in [6.45, 7) is 5.79. The normalized spacial score (nSPS) is 22.6. The van der Waals surface area contributed by atoms with Crippen LogP contribution in [-0.2, 0) is 16.0 Å². The van der Waals surface area contributed by atoms with Crippen LogP contribution in [0.3, 0.4) is 0 Å². The van der Waals surface area contributed by atoms with Crippen molar-refractivity contribution >= 4 is 23.6 Å². The van der Waals surface area contributed by atoms with E-state index >= 15 is 0 Å². The Morgan fingerprint density at radius 1 is 0.944 bits per heavy atom. The van der Waals surface area contributed by atoms with E-state index in [1.165, 1.54) is 16.7 Å². The number of rotatable bonds is 6. The number of nitrogens with zero attached hydrogens (tertiary/aromatic N) is 5. The van der Waals surface area contributed by atoms with Crippen molar-refractivity contribution in [2.75, 3.05) is 37.6 Å². The molecule has 4 heterocycles. The zero-order valence-electron chi connectivity index (χ0n) is 20.8. The second kappa shape index (κ2) is 10.7. The summed E-state index contributed by atoms with van der Waals surface area (Å²) in [5.74, 6) is -0.523. The molecule has 36 heavy (non-hydrogen) atoms. The zero-order valence-corrected chi connectivity index (χ0v) is 20.8. The van der Waals surface area contributed by atoms with Gasteiger partial charge < -0.3 is 9.64 Å². The predicted molar refractivity (Wildman–Crippen MR) is 134 cm³/mol. The average molecular weight is 492 g/mol. The summed E-state index contributed by atoms with van der Waals surface area (Å²) in [5.41, 5.74) is 2.72. The van der Waals surface area contributed by atoms with Crippen LogP contribution in [0, 0.1) is 18.8 Å². The van der Waals surface area contributed by atoms with Gasteiger partial charge in [-0.15, -0.1) is 0 Å². The molecule has 0 bridgehead atoms. The number of anilines is 1. The highest BCUT2D eigenvalue weighted by molar-refractivity contribution is 6.22. The third kappa shape index (κ3) is 5.26. The molecule has 2 aliphatic heterocycles. The molecule has 2 unspecified atom stereocenters. The van der Waals surface area contributed by atoms with Gasteiger partial charge in [-0.3, -0.25) is 19.5 Å². The second-order valence-electron chi connectivity index (χ2n) is 9.99. The van der Waals surface area contributed by atoms with Gasteiger partial charge in [0.15, 0.2) is 0 Å². The number of fused-ring (bicyclic) bond motifs is 1. The van der Waals surface area contributed by atoms with Crippen molar-refractivity contribution in [1.29, 1.82) is 0 Å². The lowest BCUT2D eigenvalue weighted by Gasteiger charge is -2.33. The van der Waals surface area contributed by atoms with Gasteiger partial charge in [-0.2, -0.15) is 0 Å². The third-order valence-electron chi connectivity index (χ3n) is 7.52. The maximum absolute atomic E-state index is 12.8. The van der Waals surface area contributed by atoms with E-state index < -0.39 is 6.09 Å². The monoisotopic (exact) mass is 491 g/mol. The van der Waals surface area contributed by atoms with Gasteiger partial charge in [0.1, 0.15) is 0 Å². The number of ether oxygens (including phenoxy) is 1. The smallest absolute Gasteiger partial charge is 0.391 e. The molecule has 2 aromatic rings. The van der Waals surface area contributed by atoms with E-state index in [-0.39, 0.29) is 29.5 Å². The maximum atomic E-state index is 12.8. The van der Waals surface area contributed by atoms with Gasteiger partial charge in [-0.05, 0) is 56.8 Å². The van der Waals surface area contributed by atoms with Gasteiger partial charge in [0, 0.05) is 44.1 Å². The van der Waals surface area contributed by atoms with Gasteiger partial charge >= 0.3 is 6.09 Å². The van der Waals surface area contributed by atoms with Crippen molar-refractivity contribution in [3.63, 3.8) is 0 Å². The summed E-state index contributed by atoms with van der Waals surface area (Å²) in [7, 11) is 0. The molecule has 0 N–H and O–H groups in total.